The van der Waals surface area contributed by atoms with Crippen molar-refractivity contribution in [2.45, 2.75) is 26.7 Å². The third-order valence-corrected chi connectivity index (χ3v) is 2.82. The van der Waals surface area contributed by atoms with E-state index < -0.39 is 5.91 Å². The molecular weight excluding hydrogens is 218 g/mol. The van der Waals surface area contributed by atoms with Crippen molar-refractivity contribution in [3.05, 3.63) is 28.3 Å². The third-order valence-electron chi connectivity index (χ3n) is 2.82. The summed E-state index contributed by atoms with van der Waals surface area (Å²) < 4.78 is 5.32. The van der Waals surface area contributed by atoms with E-state index in [1.54, 1.807) is 13.2 Å². The molecule has 0 radical (unpaired) electrons. The maximum absolute atomic E-state index is 11.3. The Bertz CT molecular complexity index is 452. The van der Waals surface area contributed by atoms with Crippen molar-refractivity contribution >= 4 is 12.2 Å². The fraction of sp³-hybridized carbons (Fsp3) is 0.385. The van der Waals surface area contributed by atoms with Crippen molar-refractivity contribution < 1.29 is 14.3 Å². The first kappa shape index (κ1) is 13.2. The normalized spacial score (nSPS) is 10.1. The van der Waals surface area contributed by atoms with Crippen molar-refractivity contribution in [3.8, 4) is 5.75 Å². The Kier molecular flexibility index (Phi) is 4.26. The van der Waals surface area contributed by atoms with E-state index in [0.717, 1.165) is 17.5 Å². The molecule has 0 aromatic heterocycles. The van der Waals surface area contributed by atoms with Crippen molar-refractivity contribution in [3.63, 3.8) is 0 Å². The molecule has 1 rings (SSSR count). The first-order valence-electron chi connectivity index (χ1n) is 5.58. The molecule has 0 fully saturated rings. The molecule has 4 heteroatoms. The standard InChI is InChI=1S/C13H17NO3/c1-4-8-6-10(13(14)16)11(7-15)9(5-2)12(8)17-3/h6-7H,4-5H2,1-3H3,(H2,14,16). The predicted octanol–water partition coefficient (Wildman–Crippen LogP) is 1.73. The predicted molar refractivity (Wildman–Crippen MR) is 65.7 cm³/mol. The smallest absolute Gasteiger partial charge is 0.249 e. The molecule has 0 saturated heterocycles. The van der Waals surface area contributed by atoms with E-state index >= 15 is 0 Å². The largest absolute Gasteiger partial charge is 0.496 e. The van der Waals surface area contributed by atoms with Gasteiger partial charge in [0.05, 0.1) is 12.7 Å². The van der Waals surface area contributed by atoms with Crippen LogP contribution in [-0.2, 0) is 12.8 Å². The second-order valence-corrected chi connectivity index (χ2v) is 3.70. The monoisotopic (exact) mass is 235 g/mol. The van der Waals surface area contributed by atoms with E-state index in [9.17, 15) is 9.59 Å². The lowest BCUT2D eigenvalue weighted by atomic mass is 9.94. The van der Waals surface area contributed by atoms with E-state index in [2.05, 4.69) is 0 Å². The van der Waals surface area contributed by atoms with Crippen molar-refractivity contribution in [1.29, 1.82) is 0 Å². The molecule has 0 saturated carbocycles. The Morgan fingerprint density at radius 2 is 2.06 bits per heavy atom. The van der Waals surface area contributed by atoms with Gasteiger partial charge in [-0.1, -0.05) is 13.8 Å². The van der Waals surface area contributed by atoms with Crippen molar-refractivity contribution in [2.75, 3.05) is 7.11 Å². The van der Waals surface area contributed by atoms with E-state index in [4.69, 9.17) is 10.5 Å². The number of benzene rings is 1. The van der Waals surface area contributed by atoms with Crippen LogP contribution in [0, 0.1) is 0 Å². The summed E-state index contributed by atoms with van der Waals surface area (Å²) in [5.74, 6) is 0.0984. The Morgan fingerprint density at radius 1 is 1.41 bits per heavy atom. The number of hydrogen-bond donors (Lipinski definition) is 1. The lowest BCUT2D eigenvalue weighted by Gasteiger charge is -2.16. The van der Waals surface area contributed by atoms with Gasteiger partial charge in [-0.15, -0.1) is 0 Å². The lowest BCUT2D eigenvalue weighted by Crippen LogP contribution is -2.16. The van der Waals surface area contributed by atoms with Gasteiger partial charge in [0.15, 0.2) is 6.29 Å². The minimum absolute atomic E-state index is 0.273. The number of methoxy groups -OCH3 is 1. The Hall–Kier alpha value is -1.84. The van der Waals surface area contributed by atoms with Crippen LogP contribution >= 0.6 is 0 Å². The van der Waals surface area contributed by atoms with Crippen LogP contribution in [0.3, 0.4) is 0 Å². The van der Waals surface area contributed by atoms with Gasteiger partial charge in [0.2, 0.25) is 5.91 Å². The highest BCUT2D eigenvalue weighted by Gasteiger charge is 2.19. The van der Waals surface area contributed by atoms with E-state index in [1.807, 2.05) is 13.8 Å². The molecule has 2 N–H and O–H groups in total. The van der Waals surface area contributed by atoms with Gasteiger partial charge in [0.25, 0.3) is 0 Å². The molecule has 0 heterocycles. The Morgan fingerprint density at radius 3 is 2.41 bits per heavy atom. The van der Waals surface area contributed by atoms with E-state index in [-0.39, 0.29) is 5.56 Å². The zero-order chi connectivity index (χ0) is 13.0. The molecule has 0 spiro atoms. The van der Waals surface area contributed by atoms with Crippen LogP contribution in [0.2, 0.25) is 0 Å². The number of primary amides is 1. The summed E-state index contributed by atoms with van der Waals surface area (Å²) in [6.07, 6.45) is 2.00. The number of hydrogen-bond acceptors (Lipinski definition) is 3. The molecule has 0 aliphatic carbocycles. The van der Waals surface area contributed by atoms with Crippen LogP contribution in [0.1, 0.15) is 45.7 Å². The van der Waals surface area contributed by atoms with Crippen LogP contribution < -0.4 is 10.5 Å². The molecule has 0 aliphatic rings. The number of rotatable bonds is 5. The number of carbonyl (C=O) groups is 2. The van der Waals surface area contributed by atoms with Crippen LogP contribution in [-0.4, -0.2) is 19.3 Å². The zero-order valence-electron chi connectivity index (χ0n) is 10.4. The highest BCUT2D eigenvalue weighted by Crippen LogP contribution is 2.30. The minimum Gasteiger partial charge on any atom is -0.496 e. The van der Waals surface area contributed by atoms with Gasteiger partial charge in [-0.25, -0.2) is 0 Å². The Balaban J connectivity index is 3.66. The van der Waals surface area contributed by atoms with Gasteiger partial charge in [-0.3, -0.25) is 9.59 Å². The molecule has 92 valence electrons. The summed E-state index contributed by atoms with van der Waals surface area (Å²) in [6, 6.07) is 1.64. The summed E-state index contributed by atoms with van der Waals surface area (Å²) >= 11 is 0. The summed E-state index contributed by atoms with van der Waals surface area (Å²) in [6.45, 7) is 3.87. The molecule has 4 nitrogen and oxygen atoms in total. The quantitative estimate of drug-likeness (QED) is 0.790. The fourth-order valence-electron chi connectivity index (χ4n) is 2.00. The van der Waals surface area contributed by atoms with Gasteiger partial charge in [-0.2, -0.15) is 0 Å². The zero-order valence-corrected chi connectivity index (χ0v) is 10.4. The van der Waals surface area contributed by atoms with Crippen LogP contribution in [0.25, 0.3) is 0 Å². The fourth-order valence-corrected chi connectivity index (χ4v) is 2.00. The molecule has 0 unspecified atom stereocenters. The Labute approximate surface area is 101 Å². The van der Waals surface area contributed by atoms with Gasteiger partial charge >= 0.3 is 0 Å². The third kappa shape index (κ3) is 2.30. The first-order chi connectivity index (χ1) is 8.10. The number of amides is 1. The summed E-state index contributed by atoms with van der Waals surface area (Å²) in [7, 11) is 1.56. The topological polar surface area (TPSA) is 69.4 Å². The number of aryl methyl sites for hydroxylation is 1. The van der Waals surface area contributed by atoms with Gasteiger partial charge < -0.3 is 10.5 Å². The SMILES string of the molecule is CCc1cc(C(N)=O)c(C=O)c(CC)c1OC. The highest BCUT2D eigenvalue weighted by atomic mass is 16.5. The number of ether oxygens (including phenoxy) is 1. The molecule has 1 aromatic rings. The molecule has 0 bridgehead atoms. The van der Waals surface area contributed by atoms with Gasteiger partial charge in [0, 0.05) is 11.1 Å². The van der Waals surface area contributed by atoms with Gasteiger partial charge in [-0.05, 0) is 24.5 Å². The number of nitrogens with two attached hydrogens (primary N) is 1. The average Bonchev–Trinajstić information content (AvgIpc) is 2.35. The molecule has 1 aromatic carbocycles. The van der Waals surface area contributed by atoms with E-state index in [0.29, 0.717) is 24.0 Å². The van der Waals surface area contributed by atoms with Gasteiger partial charge in [0.1, 0.15) is 5.75 Å². The second-order valence-electron chi connectivity index (χ2n) is 3.70. The van der Waals surface area contributed by atoms with Crippen molar-refractivity contribution in [1.82, 2.24) is 0 Å². The van der Waals surface area contributed by atoms with Crippen LogP contribution in [0.15, 0.2) is 6.07 Å². The van der Waals surface area contributed by atoms with Crippen LogP contribution in [0.4, 0.5) is 0 Å². The van der Waals surface area contributed by atoms with Crippen LogP contribution in [0.5, 0.6) is 5.75 Å². The molecule has 1 amide bonds. The second kappa shape index (κ2) is 5.48. The minimum atomic E-state index is -0.584. The highest BCUT2D eigenvalue weighted by molar-refractivity contribution is 6.02. The van der Waals surface area contributed by atoms with Crippen molar-refractivity contribution in [2.24, 2.45) is 5.73 Å². The molecule has 0 aliphatic heterocycles. The molecule has 17 heavy (non-hydrogen) atoms. The first-order valence-corrected chi connectivity index (χ1v) is 5.58. The maximum atomic E-state index is 11.3. The molecular formula is C13H17NO3. The summed E-state index contributed by atoms with van der Waals surface area (Å²) in [5.41, 5.74) is 7.54. The van der Waals surface area contributed by atoms with E-state index in [1.165, 1.54) is 0 Å². The number of carbonyl (C=O) groups excluding carboxylic acids is 2. The summed E-state index contributed by atoms with van der Waals surface area (Å²) in [5, 5.41) is 0. The number of aldehydes is 1. The lowest BCUT2D eigenvalue weighted by molar-refractivity contribution is 0.0992. The molecule has 0 atom stereocenters. The maximum Gasteiger partial charge on any atom is 0.249 e. The summed E-state index contributed by atoms with van der Waals surface area (Å²) in [4.78, 5) is 22.5. The average molecular weight is 235 g/mol.